The number of hydrogen-bond donors (Lipinski definition) is 2. The molecular formula is C14H11FN2O2. The second-order valence-electron chi connectivity index (χ2n) is 4.12. The fourth-order valence-electron chi connectivity index (χ4n) is 1.92. The Hall–Kier alpha value is -2.56. The first-order chi connectivity index (χ1) is 9.17. The minimum atomic E-state index is -0.602. The van der Waals surface area contributed by atoms with Gasteiger partial charge in [-0.15, -0.1) is 0 Å². The fraction of sp³-hybridized carbons (Fsp3) is 0.0714. The van der Waals surface area contributed by atoms with E-state index in [1.807, 2.05) is 0 Å². The van der Waals surface area contributed by atoms with Crippen LogP contribution in [0, 0.1) is 5.95 Å². The summed E-state index contributed by atoms with van der Waals surface area (Å²) in [7, 11) is 1.67. The predicted octanol–water partition coefficient (Wildman–Crippen LogP) is 3.38. The van der Waals surface area contributed by atoms with Crippen LogP contribution in [0.15, 0.2) is 40.8 Å². The molecule has 0 aliphatic carbocycles. The van der Waals surface area contributed by atoms with Gasteiger partial charge >= 0.3 is 0 Å². The molecule has 0 amide bonds. The van der Waals surface area contributed by atoms with Crippen molar-refractivity contribution in [3.05, 3.63) is 42.3 Å². The van der Waals surface area contributed by atoms with Crippen LogP contribution in [-0.4, -0.2) is 17.1 Å². The van der Waals surface area contributed by atoms with E-state index in [1.165, 1.54) is 6.07 Å². The molecule has 0 bridgehead atoms. The Morgan fingerprint density at radius 1 is 1.32 bits per heavy atom. The minimum absolute atomic E-state index is 0.143. The van der Waals surface area contributed by atoms with E-state index < -0.39 is 5.95 Å². The van der Waals surface area contributed by atoms with Crippen molar-refractivity contribution < 1.29 is 13.9 Å². The molecule has 0 unspecified atom stereocenters. The van der Waals surface area contributed by atoms with Crippen LogP contribution in [0.1, 0.15) is 0 Å². The van der Waals surface area contributed by atoms with Crippen LogP contribution in [0.5, 0.6) is 5.75 Å². The average molecular weight is 260 g/mol. The van der Waals surface area contributed by atoms with Crippen LogP contribution >= 0.6 is 0 Å². The van der Waals surface area contributed by atoms with Gasteiger partial charge in [-0.05, 0) is 36.4 Å². The Labute approximate surface area is 108 Å². The van der Waals surface area contributed by atoms with Crippen LogP contribution in [-0.2, 0) is 0 Å². The van der Waals surface area contributed by atoms with Gasteiger partial charge in [0.15, 0.2) is 0 Å². The number of benzene rings is 1. The summed E-state index contributed by atoms with van der Waals surface area (Å²) in [4.78, 5) is 3.77. The number of pyridine rings is 1. The largest absolute Gasteiger partial charge is 0.508 e. The molecule has 2 aromatic heterocycles. The first-order valence-corrected chi connectivity index (χ1v) is 5.74. The van der Waals surface area contributed by atoms with E-state index in [0.717, 1.165) is 0 Å². The number of halogens is 1. The van der Waals surface area contributed by atoms with Crippen molar-refractivity contribution in [2.24, 2.45) is 0 Å². The number of fused-ring (bicyclic) bond motifs is 1. The summed E-state index contributed by atoms with van der Waals surface area (Å²) in [6.45, 7) is 0. The molecule has 0 aliphatic rings. The molecule has 2 N–H and O–H groups in total. The highest BCUT2D eigenvalue weighted by atomic mass is 19.1. The minimum Gasteiger partial charge on any atom is -0.508 e. The van der Waals surface area contributed by atoms with Gasteiger partial charge in [-0.2, -0.15) is 4.39 Å². The molecule has 0 atom stereocenters. The number of nitrogens with one attached hydrogen (secondary N) is 1. The Balaban J connectivity index is 2.13. The monoisotopic (exact) mass is 260 g/mol. The number of phenols is 1. The number of aromatic nitrogens is 1. The number of aromatic hydroxyl groups is 1. The second kappa shape index (κ2) is 4.28. The third kappa shape index (κ3) is 1.99. The molecule has 3 rings (SSSR count). The molecule has 96 valence electrons. The van der Waals surface area contributed by atoms with Crippen molar-refractivity contribution in [1.82, 2.24) is 4.98 Å². The summed E-state index contributed by atoms with van der Waals surface area (Å²) >= 11 is 0. The van der Waals surface area contributed by atoms with Crippen LogP contribution < -0.4 is 5.32 Å². The molecule has 0 radical (unpaired) electrons. The number of anilines is 1. The first kappa shape index (κ1) is 11.5. The maximum absolute atomic E-state index is 13.9. The predicted molar refractivity (Wildman–Crippen MR) is 70.6 cm³/mol. The average Bonchev–Trinajstić information content (AvgIpc) is 2.81. The molecule has 0 saturated heterocycles. The topological polar surface area (TPSA) is 58.3 Å². The van der Waals surface area contributed by atoms with Crippen molar-refractivity contribution >= 4 is 16.8 Å². The Morgan fingerprint density at radius 2 is 2.16 bits per heavy atom. The SMILES string of the molecule is CNc1ccc(-c2[14cH]c3cc(O)ccc3o2)c(F)n1. The molecular weight excluding hydrogens is 249 g/mol. The van der Waals surface area contributed by atoms with E-state index in [-0.39, 0.29) is 11.3 Å². The normalized spacial score (nSPS) is 10.8. The lowest BCUT2D eigenvalue weighted by Crippen LogP contribution is -1.95. The number of furan rings is 1. The van der Waals surface area contributed by atoms with Gasteiger partial charge in [-0.1, -0.05) is 0 Å². The molecule has 0 fully saturated rings. The quantitative estimate of drug-likeness (QED) is 0.693. The van der Waals surface area contributed by atoms with Crippen molar-refractivity contribution in [1.29, 1.82) is 0 Å². The van der Waals surface area contributed by atoms with Crippen LogP contribution in [0.3, 0.4) is 0 Å². The maximum Gasteiger partial charge on any atom is 0.225 e. The Bertz CT molecular complexity index is 752. The summed E-state index contributed by atoms with van der Waals surface area (Å²) in [6.07, 6.45) is 0. The highest BCUT2D eigenvalue weighted by Gasteiger charge is 2.12. The third-order valence-electron chi connectivity index (χ3n) is 2.87. The highest BCUT2D eigenvalue weighted by molar-refractivity contribution is 5.84. The number of rotatable bonds is 2. The standard InChI is InChI=1S/C14H11FN2O2/c1-16-13-5-3-10(14(15)17-13)12-7-8-6-9(18)2-4-11(8)19-12/h2-7,18H,1H3,(H,16,17)/i7+2. The van der Waals surface area contributed by atoms with Crippen LogP contribution in [0.25, 0.3) is 22.3 Å². The molecule has 4 nitrogen and oxygen atoms in total. The van der Waals surface area contributed by atoms with E-state index in [0.29, 0.717) is 22.5 Å². The van der Waals surface area contributed by atoms with Crippen molar-refractivity contribution in [2.75, 3.05) is 12.4 Å². The zero-order chi connectivity index (χ0) is 13.4. The molecule has 3 aromatic rings. The number of phenolic OH excluding ortho intramolecular Hbond substituents is 1. The number of nitrogens with zero attached hydrogens (tertiary/aromatic N) is 1. The van der Waals surface area contributed by atoms with Crippen molar-refractivity contribution in [3.8, 4) is 17.1 Å². The van der Waals surface area contributed by atoms with Gasteiger partial charge in [0.05, 0.1) is 5.56 Å². The van der Waals surface area contributed by atoms with Gasteiger partial charge in [0, 0.05) is 12.4 Å². The van der Waals surface area contributed by atoms with Gasteiger partial charge in [-0.25, -0.2) is 4.98 Å². The molecule has 0 aliphatic heterocycles. The van der Waals surface area contributed by atoms with Gasteiger partial charge in [-0.3, -0.25) is 0 Å². The third-order valence-corrected chi connectivity index (χ3v) is 2.87. The lowest BCUT2D eigenvalue weighted by atomic mass is 10.2. The molecule has 5 heteroatoms. The van der Waals surface area contributed by atoms with Gasteiger partial charge in [0.25, 0.3) is 0 Å². The number of hydrogen-bond acceptors (Lipinski definition) is 4. The zero-order valence-electron chi connectivity index (χ0n) is 10.1. The first-order valence-electron chi connectivity index (χ1n) is 5.74. The zero-order valence-corrected chi connectivity index (χ0v) is 10.1. The summed E-state index contributed by atoms with van der Waals surface area (Å²) in [6, 6.07) is 9.68. The van der Waals surface area contributed by atoms with Crippen molar-refractivity contribution in [3.63, 3.8) is 0 Å². The summed E-state index contributed by atoms with van der Waals surface area (Å²) < 4.78 is 19.4. The van der Waals surface area contributed by atoms with E-state index >= 15 is 0 Å². The fourth-order valence-corrected chi connectivity index (χ4v) is 1.92. The van der Waals surface area contributed by atoms with Crippen LogP contribution in [0.4, 0.5) is 10.2 Å². The summed E-state index contributed by atoms with van der Waals surface area (Å²) in [5, 5.41) is 12.9. The Kier molecular flexibility index (Phi) is 2.59. The summed E-state index contributed by atoms with van der Waals surface area (Å²) in [5.74, 6) is 0.377. The van der Waals surface area contributed by atoms with E-state index in [9.17, 15) is 9.50 Å². The van der Waals surface area contributed by atoms with Crippen LogP contribution in [0.2, 0.25) is 0 Å². The van der Waals surface area contributed by atoms with E-state index in [4.69, 9.17) is 4.42 Å². The lowest BCUT2D eigenvalue weighted by molar-refractivity contribution is 0.476. The molecule has 19 heavy (non-hydrogen) atoms. The van der Waals surface area contributed by atoms with E-state index in [2.05, 4.69) is 10.3 Å². The van der Waals surface area contributed by atoms with Crippen molar-refractivity contribution in [2.45, 2.75) is 0 Å². The van der Waals surface area contributed by atoms with Gasteiger partial charge < -0.3 is 14.8 Å². The van der Waals surface area contributed by atoms with Gasteiger partial charge in [0.1, 0.15) is 22.9 Å². The summed E-state index contributed by atoms with van der Waals surface area (Å²) in [5.41, 5.74) is 0.875. The van der Waals surface area contributed by atoms with E-state index in [1.54, 1.807) is 37.4 Å². The smallest absolute Gasteiger partial charge is 0.225 e. The maximum atomic E-state index is 13.9. The molecule has 1 aromatic carbocycles. The lowest BCUT2D eigenvalue weighted by Gasteiger charge is -2.01. The molecule has 2 heterocycles. The molecule has 0 spiro atoms. The molecule has 0 saturated carbocycles. The highest BCUT2D eigenvalue weighted by Crippen LogP contribution is 2.31. The Morgan fingerprint density at radius 3 is 2.89 bits per heavy atom. The van der Waals surface area contributed by atoms with Gasteiger partial charge in [0.2, 0.25) is 5.95 Å². The second-order valence-corrected chi connectivity index (χ2v) is 4.12.